The molecule has 222 valence electrons. The first-order valence-corrected chi connectivity index (χ1v) is 14.9. The number of nitrogens with one attached hydrogen (secondary N) is 1. The second-order valence-electron chi connectivity index (χ2n) is 13.7. The van der Waals surface area contributed by atoms with Crippen LogP contribution >= 0.6 is 0 Å². The van der Waals surface area contributed by atoms with Crippen molar-refractivity contribution in [3.63, 3.8) is 0 Å². The van der Waals surface area contributed by atoms with Gasteiger partial charge in [-0.1, -0.05) is 58.2 Å². The summed E-state index contributed by atoms with van der Waals surface area (Å²) in [7, 11) is 0. The van der Waals surface area contributed by atoms with Crippen molar-refractivity contribution >= 4 is 23.6 Å². The molecule has 2 heterocycles. The molecule has 2 aromatic rings. The summed E-state index contributed by atoms with van der Waals surface area (Å²) >= 11 is 0. The summed E-state index contributed by atoms with van der Waals surface area (Å²) in [5.41, 5.74) is 0.368. The minimum atomic E-state index is -1.17. The highest BCUT2D eigenvalue weighted by molar-refractivity contribution is 6.07. The maximum Gasteiger partial charge on any atom is 0.411 e. The van der Waals surface area contributed by atoms with Crippen LogP contribution in [0.1, 0.15) is 104 Å². The van der Waals surface area contributed by atoms with Gasteiger partial charge in [0.25, 0.3) is 5.91 Å². The third kappa shape index (κ3) is 6.91. The van der Waals surface area contributed by atoms with Crippen LogP contribution in [0.15, 0.2) is 48.8 Å². The van der Waals surface area contributed by atoms with Gasteiger partial charge in [-0.25, -0.2) is 4.79 Å². The molecule has 1 saturated heterocycles. The molecule has 1 aromatic carbocycles. The number of hydrogen-bond acceptors (Lipinski definition) is 5. The lowest BCUT2D eigenvalue weighted by Gasteiger charge is -2.51. The molecule has 0 radical (unpaired) electrons. The average Bonchev–Trinajstić information content (AvgIpc) is 2.89. The summed E-state index contributed by atoms with van der Waals surface area (Å²) < 4.78 is 5.65. The molecule has 2 atom stereocenters. The van der Waals surface area contributed by atoms with E-state index >= 15 is 0 Å². The predicted octanol–water partition coefficient (Wildman–Crippen LogP) is 6.30. The zero-order valence-electron chi connectivity index (χ0n) is 25.7. The Bertz CT molecular complexity index is 1230. The molecule has 8 nitrogen and oxygen atoms in total. The first kappa shape index (κ1) is 30.5. The molecular weight excluding hydrogens is 516 g/mol. The van der Waals surface area contributed by atoms with Crippen molar-refractivity contribution in [3.8, 4) is 0 Å². The van der Waals surface area contributed by atoms with Gasteiger partial charge < -0.3 is 10.1 Å². The van der Waals surface area contributed by atoms with E-state index in [0.29, 0.717) is 24.2 Å². The van der Waals surface area contributed by atoms with Crippen LogP contribution in [0, 0.1) is 0 Å². The Morgan fingerprint density at radius 3 is 2.20 bits per heavy atom. The molecule has 1 saturated carbocycles. The summed E-state index contributed by atoms with van der Waals surface area (Å²) in [6.45, 7) is 14.0. The fraction of sp³-hybridized carbons (Fsp3) is 0.576. The summed E-state index contributed by atoms with van der Waals surface area (Å²) in [5, 5.41) is 3.24. The fourth-order valence-electron chi connectivity index (χ4n) is 5.64. The van der Waals surface area contributed by atoms with Crippen molar-refractivity contribution in [2.75, 3.05) is 11.4 Å². The van der Waals surface area contributed by atoms with Crippen LogP contribution < -0.4 is 10.2 Å². The third-order valence-electron chi connectivity index (χ3n) is 8.18. The monoisotopic (exact) mass is 562 g/mol. The number of likely N-dealkylation sites (tertiary alicyclic amines) is 1. The molecule has 1 N–H and O–H groups in total. The maximum atomic E-state index is 14.7. The summed E-state index contributed by atoms with van der Waals surface area (Å²) in [6.07, 6.45) is 8.38. The van der Waals surface area contributed by atoms with Gasteiger partial charge in [0.1, 0.15) is 17.2 Å². The van der Waals surface area contributed by atoms with Crippen LogP contribution in [0.3, 0.4) is 0 Å². The van der Waals surface area contributed by atoms with E-state index in [2.05, 4.69) is 31.1 Å². The number of nitrogens with zero attached hydrogens (tertiary/aromatic N) is 3. The van der Waals surface area contributed by atoms with Crippen molar-refractivity contribution in [2.45, 2.75) is 116 Å². The Labute approximate surface area is 244 Å². The van der Waals surface area contributed by atoms with Crippen molar-refractivity contribution < 1.29 is 19.1 Å². The van der Waals surface area contributed by atoms with E-state index in [4.69, 9.17) is 4.74 Å². The highest BCUT2D eigenvalue weighted by Crippen LogP contribution is 2.39. The van der Waals surface area contributed by atoms with Gasteiger partial charge in [0, 0.05) is 36.2 Å². The smallest absolute Gasteiger partial charge is 0.411 e. The largest absolute Gasteiger partial charge is 0.444 e. The number of aromatic nitrogens is 1. The van der Waals surface area contributed by atoms with Gasteiger partial charge in [-0.3, -0.25) is 24.4 Å². The number of pyridine rings is 1. The van der Waals surface area contributed by atoms with Crippen LogP contribution in [-0.4, -0.2) is 51.5 Å². The minimum absolute atomic E-state index is 0.0631. The van der Waals surface area contributed by atoms with E-state index in [1.54, 1.807) is 51.1 Å². The zero-order valence-corrected chi connectivity index (χ0v) is 25.7. The minimum Gasteiger partial charge on any atom is -0.444 e. The summed E-state index contributed by atoms with van der Waals surface area (Å²) in [6, 6.07) is 10.5. The first-order chi connectivity index (χ1) is 19.2. The van der Waals surface area contributed by atoms with Crippen molar-refractivity contribution in [2.24, 2.45) is 0 Å². The first-order valence-electron chi connectivity index (χ1n) is 14.9. The normalized spacial score (nSPS) is 20.5. The van der Waals surface area contributed by atoms with E-state index in [9.17, 15) is 14.4 Å². The number of carbonyl (C=O) groups excluding carboxylic acids is 3. The van der Waals surface area contributed by atoms with Gasteiger partial charge in [-0.15, -0.1) is 0 Å². The second kappa shape index (κ2) is 11.8. The summed E-state index contributed by atoms with van der Waals surface area (Å²) in [4.78, 5) is 49.4. The van der Waals surface area contributed by atoms with E-state index in [-0.39, 0.29) is 23.3 Å². The molecule has 1 aliphatic carbocycles. The van der Waals surface area contributed by atoms with Gasteiger partial charge in [0.05, 0.1) is 0 Å². The van der Waals surface area contributed by atoms with E-state index in [0.717, 1.165) is 31.2 Å². The van der Waals surface area contributed by atoms with Gasteiger partial charge in [0.2, 0.25) is 5.91 Å². The Balaban J connectivity index is 1.78. The van der Waals surface area contributed by atoms with E-state index in [1.807, 2.05) is 30.3 Å². The van der Waals surface area contributed by atoms with Crippen LogP contribution in [0.25, 0.3) is 0 Å². The van der Waals surface area contributed by atoms with Gasteiger partial charge in [-0.05, 0) is 76.1 Å². The van der Waals surface area contributed by atoms with Gasteiger partial charge in [-0.2, -0.15) is 0 Å². The number of rotatable bonds is 6. The third-order valence-corrected chi connectivity index (χ3v) is 8.18. The average molecular weight is 563 g/mol. The molecular formula is C33H46N4O4. The zero-order chi connectivity index (χ0) is 30.0. The Morgan fingerprint density at radius 2 is 1.68 bits per heavy atom. The molecule has 1 aromatic heterocycles. The van der Waals surface area contributed by atoms with Crippen molar-refractivity contribution in [1.82, 2.24) is 15.2 Å². The number of benzene rings is 1. The predicted molar refractivity (Wildman–Crippen MR) is 161 cm³/mol. The molecule has 2 unspecified atom stereocenters. The lowest BCUT2D eigenvalue weighted by atomic mass is 9.84. The molecule has 0 bridgehead atoms. The van der Waals surface area contributed by atoms with Crippen molar-refractivity contribution in [1.29, 1.82) is 0 Å². The molecule has 2 aliphatic rings. The number of anilines is 1. The van der Waals surface area contributed by atoms with Crippen LogP contribution in [0.5, 0.6) is 0 Å². The molecule has 2 fully saturated rings. The van der Waals surface area contributed by atoms with Crippen LogP contribution in [0.4, 0.5) is 10.5 Å². The molecule has 8 heteroatoms. The second-order valence-corrected chi connectivity index (χ2v) is 13.7. The lowest BCUT2D eigenvalue weighted by Crippen LogP contribution is -2.69. The van der Waals surface area contributed by atoms with Gasteiger partial charge >= 0.3 is 6.09 Å². The van der Waals surface area contributed by atoms with Crippen LogP contribution in [0.2, 0.25) is 0 Å². The topological polar surface area (TPSA) is 91.8 Å². The van der Waals surface area contributed by atoms with Crippen molar-refractivity contribution in [3.05, 3.63) is 59.9 Å². The molecule has 1 aliphatic heterocycles. The highest BCUT2D eigenvalue weighted by atomic mass is 16.6. The molecule has 41 heavy (non-hydrogen) atoms. The number of amides is 3. The Kier molecular flexibility index (Phi) is 8.81. The molecule has 4 rings (SSSR count). The SMILES string of the molecule is CC(C)(C)OC(=O)N1CCC1(C)C(=O)N(c1ccc(C(C)(C)C)cc1)C(C(=O)NC1CCCCC1)c1cccnc1. The van der Waals surface area contributed by atoms with E-state index < -0.39 is 23.3 Å². The summed E-state index contributed by atoms with van der Waals surface area (Å²) in [5.74, 6) is -0.573. The lowest BCUT2D eigenvalue weighted by molar-refractivity contribution is -0.139. The number of ether oxygens (including phenoxy) is 1. The number of carbonyl (C=O) groups is 3. The highest BCUT2D eigenvalue weighted by Gasteiger charge is 2.54. The van der Waals surface area contributed by atoms with E-state index in [1.165, 1.54) is 11.3 Å². The quantitative estimate of drug-likeness (QED) is 0.446. The molecule has 0 spiro atoms. The maximum absolute atomic E-state index is 14.7. The molecule has 3 amide bonds. The Hall–Kier alpha value is -3.42. The van der Waals surface area contributed by atoms with Gasteiger partial charge in [0.15, 0.2) is 0 Å². The standard InChI is InChI=1S/C33H46N4O4/c1-31(2,3)24-15-17-26(18-16-24)37(29(39)33(7)19-21-36(33)30(40)41-32(4,5)6)27(23-12-11-20-34-22-23)28(38)35-25-13-9-8-10-14-25/h11-12,15-18,20,22,25,27H,8-10,13-14,19,21H2,1-7H3,(H,35,38). The fourth-order valence-corrected chi connectivity index (χ4v) is 5.64. The Morgan fingerprint density at radius 1 is 1.02 bits per heavy atom. The van der Waals surface area contributed by atoms with Crippen LogP contribution in [-0.2, 0) is 19.7 Å². The number of hydrogen-bond donors (Lipinski definition) is 1.